The number of benzene rings is 11. The largest absolute Gasteiger partial charge is 0.310 e. The molecule has 0 bridgehead atoms. The molecule has 1 aliphatic carbocycles. The minimum absolute atomic E-state index is 0.262. The first kappa shape index (κ1) is 38.9. The molecule has 0 spiro atoms. The van der Waals surface area contributed by atoms with Crippen molar-refractivity contribution in [3.8, 4) is 22.3 Å². The molecule has 0 aromatic heterocycles. The number of fused-ring (bicyclic) bond motifs is 9. The molecule has 1 atom stereocenters. The fraction of sp³-hybridized carbons (Fsp3) is 0.0476. The van der Waals surface area contributed by atoms with Crippen molar-refractivity contribution in [2.45, 2.75) is 19.3 Å². The molecule has 0 aliphatic heterocycles. The Morgan fingerprint density at radius 1 is 0.292 bits per heavy atom. The van der Waals surface area contributed by atoms with Crippen molar-refractivity contribution >= 4 is 78.2 Å². The molecule has 1 nitrogen and oxygen atoms in total. The van der Waals surface area contributed by atoms with Crippen LogP contribution in [0.4, 0.5) is 17.1 Å². The molecule has 65 heavy (non-hydrogen) atoms. The number of rotatable bonds is 8. The highest BCUT2D eigenvalue weighted by molar-refractivity contribution is 7.20. The van der Waals surface area contributed by atoms with Crippen LogP contribution in [0.15, 0.2) is 249 Å². The van der Waals surface area contributed by atoms with E-state index in [9.17, 15) is 0 Å². The van der Waals surface area contributed by atoms with Gasteiger partial charge in [-0.05, 0) is 123 Å². The van der Waals surface area contributed by atoms with E-state index in [1.165, 1.54) is 86.4 Å². The van der Waals surface area contributed by atoms with Gasteiger partial charge in [-0.25, -0.2) is 0 Å². The van der Waals surface area contributed by atoms with Crippen molar-refractivity contribution in [2.24, 2.45) is 0 Å². The standard InChI is InChI=1S/C63H47NSi/c1-63(2)61-41-48(64(46-21-9-4-10-22-46)47-23-11-5-12-24-47)33-38-58(61)59-40-37-52(43-62(59)63)65(49-25-13-6-14-26-49,50-34-31-45(32-35-50)44-19-7-3-8-20-44)51-36-39-57-55-29-16-15-27-53(55)54-28-17-18-30-56(54)60(57)42-51/h3-43H,1-2H3. The highest BCUT2D eigenvalue weighted by Gasteiger charge is 2.44. The molecule has 0 N–H and O–H groups in total. The van der Waals surface area contributed by atoms with Crippen LogP contribution in [0.5, 0.6) is 0 Å². The lowest BCUT2D eigenvalue weighted by atomic mass is 9.82. The SMILES string of the molecule is CC1(C)c2cc(N(c3ccccc3)c3ccccc3)ccc2-c2ccc([Si](c3ccccc3)(c3ccc(-c4ccccc4)cc3)c3ccc4c5ccccc5c5ccccc5c4c3)cc21. The molecule has 1 unspecified atom stereocenters. The van der Waals surface area contributed by atoms with Gasteiger partial charge in [-0.1, -0.05) is 226 Å². The van der Waals surface area contributed by atoms with Crippen LogP contribution in [0.1, 0.15) is 25.0 Å². The lowest BCUT2D eigenvalue weighted by Crippen LogP contribution is -2.74. The molecular formula is C63H47NSi. The average molecular weight is 846 g/mol. The summed E-state index contributed by atoms with van der Waals surface area (Å²) in [5.41, 5.74) is 11.0. The van der Waals surface area contributed by atoms with Crippen LogP contribution in [-0.4, -0.2) is 8.07 Å². The van der Waals surface area contributed by atoms with Crippen LogP contribution in [0, 0.1) is 0 Å². The van der Waals surface area contributed by atoms with Crippen LogP contribution in [0.25, 0.3) is 54.6 Å². The zero-order chi connectivity index (χ0) is 43.5. The Morgan fingerprint density at radius 2 is 0.692 bits per heavy atom. The molecule has 0 saturated heterocycles. The van der Waals surface area contributed by atoms with Gasteiger partial charge in [0.1, 0.15) is 0 Å². The molecule has 0 radical (unpaired) electrons. The van der Waals surface area contributed by atoms with E-state index in [1.807, 2.05) is 0 Å². The van der Waals surface area contributed by atoms with Crippen LogP contribution >= 0.6 is 0 Å². The summed E-state index contributed by atoms with van der Waals surface area (Å²) in [6.45, 7) is 4.85. The first-order valence-corrected chi connectivity index (χ1v) is 24.8. The molecule has 308 valence electrons. The van der Waals surface area contributed by atoms with Gasteiger partial charge in [-0.2, -0.15) is 0 Å². The number of anilines is 3. The van der Waals surface area contributed by atoms with E-state index in [4.69, 9.17) is 0 Å². The van der Waals surface area contributed by atoms with E-state index in [0.717, 1.165) is 17.1 Å². The summed E-state index contributed by atoms with van der Waals surface area (Å²) >= 11 is 0. The minimum atomic E-state index is -3.03. The molecule has 1 aliphatic rings. The fourth-order valence-corrected chi connectivity index (χ4v) is 15.8. The molecule has 11 aromatic carbocycles. The van der Waals surface area contributed by atoms with E-state index in [-0.39, 0.29) is 5.41 Å². The quantitative estimate of drug-likeness (QED) is 0.0837. The first-order chi connectivity index (χ1) is 32.0. The summed E-state index contributed by atoms with van der Waals surface area (Å²) in [7, 11) is -3.03. The van der Waals surface area contributed by atoms with Crippen LogP contribution in [-0.2, 0) is 5.41 Å². The van der Waals surface area contributed by atoms with E-state index in [0.29, 0.717) is 0 Å². The van der Waals surface area contributed by atoms with Crippen LogP contribution in [0.2, 0.25) is 0 Å². The zero-order valence-corrected chi connectivity index (χ0v) is 37.6. The van der Waals surface area contributed by atoms with Crippen LogP contribution in [0.3, 0.4) is 0 Å². The Balaban J connectivity index is 1.10. The molecule has 0 heterocycles. The summed E-state index contributed by atoms with van der Waals surface area (Å²) in [5.74, 6) is 0. The van der Waals surface area contributed by atoms with E-state index in [1.54, 1.807) is 0 Å². The summed E-state index contributed by atoms with van der Waals surface area (Å²) in [5, 5.41) is 13.3. The second-order valence-electron chi connectivity index (χ2n) is 18.0. The highest BCUT2D eigenvalue weighted by Crippen LogP contribution is 2.50. The molecule has 11 aromatic rings. The van der Waals surface area contributed by atoms with Gasteiger partial charge in [-0.15, -0.1) is 0 Å². The monoisotopic (exact) mass is 845 g/mol. The van der Waals surface area contributed by atoms with Crippen molar-refractivity contribution in [2.75, 3.05) is 4.90 Å². The molecule has 0 fully saturated rings. The summed E-state index contributed by atoms with van der Waals surface area (Å²) < 4.78 is 0. The number of para-hydroxylation sites is 2. The van der Waals surface area contributed by atoms with Crippen molar-refractivity contribution in [1.29, 1.82) is 0 Å². The van der Waals surface area contributed by atoms with Gasteiger partial charge in [0.15, 0.2) is 8.07 Å². The third-order valence-corrected chi connectivity index (χ3v) is 18.9. The van der Waals surface area contributed by atoms with E-state index in [2.05, 4.69) is 267 Å². The predicted molar refractivity (Wildman–Crippen MR) is 280 cm³/mol. The minimum Gasteiger partial charge on any atom is -0.310 e. The Bertz CT molecular complexity index is 3470. The lowest BCUT2D eigenvalue weighted by molar-refractivity contribution is 0.661. The van der Waals surface area contributed by atoms with Gasteiger partial charge in [0.2, 0.25) is 0 Å². The van der Waals surface area contributed by atoms with Crippen molar-refractivity contribution in [3.05, 3.63) is 260 Å². The maximum Gasteiger partial charge on any atom is 0.179 e. The third kappa shape index (κ3) is 6.20. The number of hydrogen-bond donors (Lipinski definition) is 0. The van der Waals surface area contributed by atoms with Gasteiger partial charge in [-0.3, -0.25) is 0 Å². The highest BCUT2D eigenvalue weighted by atomic mass is 28.3. The molecule has 0 amide bonds. The third-order valence-electron chi connectivity index (χ3n) is 14.2. The Morgan fingerprint density at radius 3 is 1.28 bits per heavy atom. The maximum absolute atomic E-state index is 3.03. The Hall–Kier alpha value is -7.78. The predicted octanol–water partition coefficient (Wildman–Crippen LogP) is 14.0. The van der Waals surface area contributed by atoms with Gasteiger partial charge in [0.25, 0.3) is 0 Å². The molecule has 0 saturated carbocycles. The Labute approximate surface area is 382 Å². The molecular weight excluding hydrogens is 799 g/mol. The Kier molecular flexibility index (Phi) is 9.26. The number of nitrogens with zero attached hydrogens (tertiary/aromatic N) is 1. The van der Waals surface area contributed by atoms with Crippen molar-refractivity contribution in [1.82, 2.24) is 0 Å². The van der Waals surface area contributed by atoms with Gasteiger partial charge >= 0.3 is 0 Å². The summed E-state index contributed by atoms with van der Waals surface area (Å²) in [6, 6.07) is 93.2. The second-order valence-corrected chi connectivity index (χ2v) is 21.8. The second kappa shape index (κ2) is 15.5. The smallest absolute Gasteiger partial charge is 0.179 e. The normalized spacial score (nSPS) is 13.6. The fourth-order valence-electron chi connectivity index (χ4n) is 11.1. The molecule has 12 rings (SSSR count). The van der Waals surface area contributed by atoms with Gasteiger partial charge in [0.05, 0.1) is 0 Å². The summed E-state index contributed by atoms with van der Waals surface area (Å²) in [6.07, 6.45) is 0. The van der Waals surface area contributed by atoms with Gasteiger partial charge < -0.3 is 4.90 Å². The number of hydrogen-bond acceptors (Lipinski definition) is 1. The zero-order valence-electron chi connectivity index (χ0n) is 36.6. The van der Waals surface area contributed by atoms with E-state index < -0.39 is 8.07 Å². The van der Waals surface area contributed by atoms with E-state index >= 15 is 0 Å². The molecule has 2 heteroatoms. The topological polar surface area (TPSA) is 3.24 Å². The van der Waals surface area contributed by atoms with Crippen molar-refractivity contribution in [3.63, 3.8) is 0 Å². The average Bonchev–Trinajstić information content (AvgIpc) is 3.60. The van der Waals surface area contributed by atoms with Crippen LogP contribution < -0.4 is 25.6 Å². The lowest BCUT2D eigenvalue weighted by Gasteiger charge is -2.36. The van der Waals surface area contributed by atoms with Gasteiger partial charge in [0, 0.05) is 22.5 Å². The summed E-state index contributed by atoms with van der Waals surface area (Å²) in [4.78, 5) is 2.38. The first-order valence-electron chi connectivity index (χ1n) is 22.8. The maximum atomic E-state index is 2.61. The van der Waals surface area contributed by atoms with Crippen molar-refractivity contribution < 1.29 is 0 Å².